The van der Waals surface area contributed by atoms with Gasteiger partial charge in [-0.2, -0.15) is 0 Å². The average Bonchev–Trinajstić information content (AvgIpc) is 3.85. The Morgan fingerprint density at radius 2 is 1.47 bits per heavy atom. The molecule has 1 saturated heterocycles. The predicted octanol–water partition coefficient (Wildman–Crippen LogP) is 5.60. The van der Waals surface area contributed by atoms with E-state index in [9.17, 15) is 38.7 Å². The number of primary amides is 1. The molecule has 7 N–H and O–H groups in total. The van der Waals surface area contributed by atoms with Crippen LogP contribution in [-0.2, 0) is 44.8 Å². The molecule has 2 aromatic carbocycles. The molecule has 0 aliphatic carbocycles. The minimum Gasteiger partial charge on any atom is -0.445 e. The first kappa shape index (κ1) is 61.5. The zero-order valence-corrected chi connectivity index (χ0v) is 45.5. The number of ether oxygens (including phenoxy) is 3. The third-order valence-corrected chi connectivity index (χ3v) is 14.2. The molecule has 19 nitrogen and oxygen atoms in total. The van der Waals surface area contributed by atoms with E-state index >= 15 is 0 Å². The molecule has 1 unspecified atom stereocenters. The summed E-state index contributed by atoms with van der Waals surface area (Å²) in [6, 6.07) is 11.7. The second kappa shape index (κ2) is 29.8. The third kappa shape index (κ3) is 17.7. The molecule has 0 spiro atoms. The molecule has 11 atom stereocenters. The Kier molecular flexibility index (Phi) is 25.1. The van der Waals surface area contributed by atoms with Crippen LogP contribution in [0.1, 0.15) is 118 Å². The van der Waals surface area contributed by atoms with Crippen LogP contribution in [0.2, 0.25) is 0 Å². The zero-order chi connectivity index (χ0) is 54.7. The lowest BCUT2D eigenvalue weighted by atomic mass is 9.89. The normalized spacial score (nSPS) is 17.7. The van der Waals surface area contributed by atoms with Gasteiger partial charge < -0.3 is 56.1 Å². The molecule has 1 aliphatic heterocycles. The first-order valence-electron chi connectivity index (χ1n) is 25.8. The summed E-state index contributed by atoms with van der Waals surface area (Å²) in [6.45, 7) is 17.3. The summed E-state index contributed by atoms with van der Waals surface area (Å²) in [5.41, 5.74) is 6.99. The van der Waals surface area contributed by atoms with Crippen molar-refractivity contribution < 1.29 is 52.9 Å². The highest BCUT2D eigenvalue weighted by Gasteiger charge is 2.44. The van der Waals surface area contributed by atoms with Crippen LogP contribution < -0.4 is 27.0 Å². The number of aliphatic hydroxyl groups is 1. The van der Waals surface area contributed by atoms with Gasteiger partial charge >= 0.3 is 12.1 Å². The zero-order valence-electron chi connectivity index (χ0n) is 45.5. The number of likely N-dealkylation sites (N-methyl/N-ethyl adjacent to an activating group) is 2. The average molecular weight is 1020 g/mol. The Balaban J connectivity index is 1.68. The number of carbonyl (C=O) groups is 7. The Morgan fingerprint density at radius 1 is 0.822 bits per heavy atom. The van der Waals surface area contributed by atoms with E-state index in [1.165, 1.54) is 26.2 Å². The van der Waals surface area contributed by atoms with E-state index in [0.717, 1.165) is 0 Å². The van der Waals surface area contributed by atoms with Crippen LogP contribution in [0.5, 0.6) is 0 Å². The van der Waals surface area contributed by atoms with Crippen LogP contribution in [0.3, 0.4) is 0 Å². The maximum Gasteiger partial charge on any atom is 0.410 e. The Morgan fingerprint density at radius 3 is 2.03 bits per heavy atom. The fourth-order valence-electron chi connectivity index (χ4n) is 9.64. The number of nitrogens with two attached hydrogens (primary N) is 1. The van der Waals surface area contributed by atoms with Gasteiger partial charge in [-0.25, -0.2) is 9.59 Å². The quantitative estimate of drug-likeness (QED) is 0.0573. The molecule has 408 valence electrons. The lowest BCUT2D eigenvalue weighted by Gasteiger charge is -2.41. The minimum atomic E-state index is -1.00. The molecule has 1 aliphatic rings. The molecule has 1 fully saturated rings. The predicted molar refractivity (Wildman–Crippen MR) is 280 cm³/mol. The van der Waals surface area contributed by atoms with E-state index in [0.29, 0.717) is 62.0 Å². The number of carbonyl (C=O) groups excluding carboxylic acids is 7. The first-order chi connectivity index (χ1) is 34.5. The van der Waals surface area contributed by atoms with Crippen molar-refractivity contribution in [1.29, 1.82) is 0 Å². The highest BCUT2D eigenvalue weighted by atomic mass is 16.6. The largest absolute Gasteiger partial charge is 0.445 e. The van der Waals surface area contributed by atoms with Crippen molar-refractivity contribution in [1.82, 2.24) is 30.7 Å². The minimum absolute atomic E-state index is 0.0575. The maximum absolute atomic E-state index is 14.7. The van der Waals surface area contributed by atoms with E-state index in [4.69, 9.17) is 19.9 Å². The summed E-state index contributed by atoms with van der Waals surface area (Å²) < 4.78 is 17.6. The number of likely N-dealkylation sites (tertiary alicyclic amines) is 1. The summed E-state index contributed by atoms with van der Waals surface area (Å²) in [4.78, 5) is 98.4. The molecular weight excluding hydrogens is 937 g/mol. The van der Waals surface area contributed by atoms with Gasteiger partial charge in [-0.3, -0.25) is 28.9 Å². The van der Waals surface area contributed by atoms with Crippen molar-refractivity contribution in [3.63, 3.8) is 0 Å². The molecule has 0 aromatic heterocycles. The van der Waals surface area contributed by atoms with Crippen LogP contribution in [0.4, 0.5) is 15.3 Å². The SMILES string of the molecule is CC[C@H](C)[C@@H]([C@@H](CC(=O)N1CCCC1[C@H](OC)[C@@H](C)C(=O)N[C@H](C)[C@@H](O)c1ccccc1)OC)N(C)C(=O)[C@@H](NC(=O)[C@H](C(C)C)N(C)C(=O)OCc1ccc(NC(=O)[C@@H](C)CCCNC(N)=O)cc1)C(C)C. The van der Waals surface area contributed by atoms with E-state index in [2.05, 4.69) is 21.3 Å². The number of hydrogen-bond donors (Lipinski definition) is 6. The topological polar surface area (TPSA) is 251 Å². The van der Waals surface area contributed by atoms with Crippen LogP contribution in [0.25, 0.3) is 0 Å². The molecule has 2 aromatic rings. The number of benzene rings is 2. The van der Waals surface area contributed by atoms with Gasteiger partial charge in [0.15, 0.2) is 0 Å². The van der Waals surface area contributed by atoms with Crippen molar-refractivity contribution >= 4 is 47.3 Å². The van der Waals surface area contributed by atoms with Gasteiger partial charge in [0.05, 0.1) is 48.8 Å². The summed E-state index contributed by atoms with van der Waals surface area (Å²) in [7, 11) is 6.18. The number of aliphatic hydroxyl groups excluding tert-OH is 1. The fraction of sp³-hybridized carbons (Fsp3) is 0.648. The van der Waals surface area contributed by atoms with Crippen LogP contribution in [0.15, 0.2) is 54.6 Å². The van der Waals surface area contributed by atoms with Crippen molar-refractivity contribution in [2.75, 3.05) is 46.7 Å². The van der Waals surface area contributed by atoms with Gasteiger partial charge in [-0.1, -0.05) is 104 Å². The number of amides is 8. The Hall–Kier alpha value is -5.79. The van der Waals surface area contributed by atoms with Gasteiger partial charge in [0.25, 0.3) is 0 Å². The van der Waals surface area contributed by atoms with E-state index in [1.54, 1.807) is 87.9 Å². The molecule has 8 amide bonds. The lowest BCUT2D eigenvalue weighted by Crippen LogP contribution is -2.60. The van der Waals surface area contributed by atoms with Gasteiger partial charge in [-0.05, 0) is 73.6 Å². The fourth-order valence-corrected chi connectivity index (χ4v) is 9.64. The standard InChI is InChI=1S/C54H86N8O11/c1-14-34(6)46(42(71-12)30-43(63)62-29-19-23-41(62)48(72-13)36(8)50(66)57-37(9)47(64)39-21-16-15-17-22-39)60(10)52(68)44(32(2)3)59-51(67)45(33(4)5)61(11)54(70)73-31-38-24-26-40(27-25-38)58-49(65)35(7)20-18-28-56-53(55)69/h15-17,21-22,24-27,32-37,41-42,44-48,64H,14,18-20,23,28-31H2,1-13H3,(H,57,66)(H,58,65)(H,59,67)(H3,55,56,69)/t34-,35-,36+,37+,41?,42+,44-,45-,46-,47+,48+/m0/s1. The van der Waals surface area contributed by atoms with E-state index < -0.39 is 72.5 Å². The highest BCUT2D eigenvalue weighted by molar-refractivity contribution is 5.93. The third-order valence-electron chi connectivity index (χ3n) is 14.2. The summed E-state index contributed by atoms with van der Waals surface area (Å²) in [5.74, 6) is -3.45. The second-order valence-corrected chi connectivity index (χ2v) is 20.3. The van der Waals surface area contributed by atoms with Crippen LogP contribution in [0, 0.1) is 29.6 Å². The molecule has 3 rings (SSSR count). The number of anilines is 1. The smallest absolute Gasteiger partial charge is 0.410 e. The lowest BCUT2D eigenvalue weighted by molar-refractivity contribution is -0.148. The Bertz CT molecular complexity index is 2090. The number of methoxy groups -OCH3 is 2. The molecule has 19 heteroatoms. The summed E-state index contributed by atoms with van der Waals surface area (Å²) >= 11 is 0. The number of rotatable bonds is 28. The monoisotopic (exact) mass is 1020 g/mol. The van der Waals surface area contributed by atoms with Gasteiger partial charge in [0.1, 0.15) is 18.7 Å². The van der Waals surface area contributed by atoms with Crippen molar-refractivity contribution in [3.8, 4) is 0 Å². The molecule has 1 heterocycles. The molecular formula is C54H86N8O11. The van der Waals surface area contributed by atoms with Gasteiger partial charge in [0.2, 0.25) is 29.5 Å². The number of nitrogens with zero attached hydrogens (tertiary/aromatic N) is 3. The second-order valence-electron chi connectivity index (χ2n) is 20.3. The molecule has 0 saturated carbocycles. The summed E-state index contributed by atoms with van der Waals surface area (Å²) in [5, 5.41) is 22.2. The first-order valence-corrected chi connectivity index (χ1v) is 25.8. The molecule has 73 heavy (non-hydrogen) atoms. The number of hydrogen-bond acceptors (Lipinski definition) is 11. The van der Waals surface area contributed by atoms with E-state index in [-0.39, 0.29) is 60.3 Å². The number of nitrogens with one attached hydrogen (secondary N) is 4. The summed E-state index contributed by atoms with van der Waals surface area (Å²) in [6.07, 6.45) is 0.0298. The van der Waals surface area contributed by atoms with Crippen LogP contribution in [-0.4, -0.2) is 145 Å². The molecule has 0 bridgehead atoms. The van der Waals surface area contributed by atoms with Gasteiger partial charge in [-0.15, -0.1) is 0 Å². The van der Waals surface area contributed by atoms with Crippen molar-refractivity contribution in [2.45, 2.75) is 156 Å². The highest BCUT2D eigenvalue weighted by Crippen LogP contribution is 2.30. The maximum atomic E-state index is 14.7. The Labute approximate surface area is 433 Å². The van der Waals surface area contributed by atoms with Gasteiger partial charge in [0, 0.05) is 53.0 Å². The van der Waals surface area contributed by atoms with Crippen molar-refractivity contribution in [3.05, 3.63) is 65.7 Å². The van der Waals surface area contributed by atoms with Crippen molar-refractivity contribution in [2.24, 2.45) is 35.3 Å². The number of urea groups is 1. The van der Waals surface area contributed by atoms with Crippen LogP contribution >= 0.6 is 0 Å². The molecule has 0 radical (unpaired) electrons. The van der Waals surface area contributed by atoms with E-state index in [1.807, 2.05) is 45.9 Å².